The van der Waals surface area contributed by atoms with Gasteiger partial charge in [-0.25, -0.2) is 9.97 Å². The molecule has 3 rings (SSSR count). The highest BCUT2D eigenvalue weighted by molar-refractivity contribution is 6.30. The van der Waals surface area contributed by atoms with Crippen LogP contribution in [0.3, 0.4) is 0 Å². The molecule has 2 aromatic carbocycles. The fourth-order valence-corrected chi connectivity index (χ4v) is 2.62. The topological polar surface area (TPSA) is 25.8 Å². The Morgan fingerprint density at radius 1 is 0.739 bits per heavy atom. The number of aryl methyl sites for hydroxylation is 1. The van der Waals surface area contributed by atoms with Crippen LogP contribution in [0.15, 0.2) is 54.6 Å². The summed E-state index contributed by atoms with van der Waals surface area (Å²) in [6.07, 6.45) is 1.85. The molecule has 0 bridgehead atoms. The maximum absolute atomic E-state index is 5.98. The first kappa shape index (κ1) is 16.0. The highest BCUT2D eigenvalue weighted by Crippen LogP contribution is 2.26. The largest absolute Gasteiger partial charge is 0.233 e. The van der Waals surface area contributed by atoms with Crippen LogP contribution >= 0.6 is 23.2 Å². The zero-order valence-electron chi connectivity index (χ0n) is 12.8. The van der Waals surface area contributed by atoms with Crippen LogP contribution in [0, 0.1) is 0 Å². The van der Waals surface area contributed by atoms with Crippen molar-refractivity contribution in [3.63, 3.8) is 0 Å². The summed E-state index contributed by atoms with van der Waals surface area (Å²) in [4.78, 5) is 9.37. The quantitative estimate of drug-likeness (QED) is 0.574. The number of rotatable bonds is 4. The van der Waals surface area contributed by atoms with Crippen LogP contribution in [0.25, 0.3) is 22.5 Å². The molecule has 23 heavy (non-hydrogen) atoms. The summed E-state index contributed by atoms with van der Waals surface area (Å²) < 4.78 is 0. The van der Waals surface area contributed by atoms with Gasteiger partial charge >= 0.3 is 0 Å². The zero-order valence-corrected chi connectivity index (χ0v) is 14.3. The number of nitrogens with zero attached hydrogens (tertiary/aromatic N) is 2. The van der Waals surface area contributed by atoms with E-state index < -0.39 is 0 Å². The smallest absolute Gasteiger partial charge is 0.129 e. The molecule has 0 aliphatic heterocycles. The Labute approximate surface area is 146 Å². The van der Waals surface area contributed by atoms with Crippen LogP contribution in [0.4, 0.5) is 0 Å². The van der Waals surface area contributed by atoms with E-state index >= 15 is 0 Å². The van der Waals surface area contributed by atoms with Gasteiger partial charge in [-0.1, -0.05) is 54.4 Å². The second-order valence-corrected chi connectivity index (χ2v) is 6.19. The van der Waals surface area contributed by atoms with Gasteiger partial charge in [-0.15, -0.1) is 0 Å². The van der Waals surface area contributed by atoms with Crippen molar-refractivity contribution in [3.05, 3.63) is 70.5 Å². The molecule has 4 heteroatoms. The van der Waals surface area contributed by atoms with E-state index in [4.69, 9.17) is 23.2 Å². The van der Waals surface area contributed by atoms with Gasteiger partial charge in [-0.2, -0.15) is 0 Å². The van der Waals surface area contributed by atoms with Gasteiger partial charge in [0, 0.05) is 27.6 Å². The number of hydrogen-bond donors (Lipinski definition) is 0. The van der Waals surface area contributed by atoms with Gasteiger partial charge in [0.1, 0.15) is 5.82 Å². The molecule has 0 spiro atoms. The van der Waals surface area contributed by atoms with E-state index in [1.165, 1.54) is 0 Å². The predicted molar refractivity (Wildman–Crippen MR) is 96.9 cm³/mol. The van der Waals surface area contributed by atoms with E-state index in [2.05, 4.69) is 16.9 Å². The molecule has 0 atom stereocenters. The van der Waals surface area contributed by atoms with Crippen molar-refractivity contribution in [1.82, 2.24) is 9.97 Å². The lowest BCUT2D eigenvalue weighted by atomic mass is 10.1. The summed E-state index contributed by atoms with van der Waals surface area (Å²) in [6.45, 7) is 2.13. The van der Waals surface area contributed by atoms with Crippen molar-refractivity contribution in [1.29, 1.82) is 0 Å². The molecular weight excluding hydrogens is 327 g/mol. The molecule has 0 N–H and O–H groups in total. The highest BCUT2D eigenvalue weighted by Gasteiger charge is 2.08. The maximum Gasteiger partial charge on any atom is 0.129 e. The van der Waals surface area contributed by atoms with Crippen molar-refractivity contribution >= 4 is 23.2 Å². The molecule has 0 aliphatic rings. The first-order chi connectivity index (χ1) is 11.2. The van der Waals surface area contributed by atoms with Crippen LogP contribution in [0.1, 0.15) is 19.2 Å². The number of benzene rings is 2. The summed E-state index contributed by atoms with van der Waals surface area (Å²) in [5, 5.41) is 1.43. The number of halogens is 2. The molecule has 2 nitrogen and oxygen atoms in total. The average Bonchev–Trinajstić information content (AvgIpc) is 2.56. The van der Waals surface area contributed by atoms with E-state index in [0.717, 1.165) is 51.2 Å². The fourth-order valence-electron chi connectivity index (χ4n) is 2.37. The second kappa shape index (κ2) is 7.12. The molecule has 1 aromatic heterocycles. The SMILES string of the molecule is CCCc1nc(-c2ccc(Cl)cc2)cc(-c2ccc(Cl)cc2)n1. The van der Waals surface area contributed by atoms with Gasteiger partial charge in [0.25, 0.3) is 0 Å². The van der Waals surface area contributed by atoms with Gasteiger partial charge < -0.3 is 0 Å². The van der Waals surface area contributed by atoms with E-state index in [-0.39, 0.29) is 0 Å². The number of aromatic nitrogens is 2. The predicted octanol–water partition coefficient (Wildman–Crippen LogP) is 6.07. The lowest BCUT2D eigenvalue weighted by Gasteiger charge is -2.09. The Hall–Kier alpha value is -1.90. The third-order valence-electron chi connectivity index (χ3n) is 3.53. The van der Waals surface area contributed by atoms with Gasteiger partial charge in [0.15, 0.2) is 0 Å². The van der Waals surface area contributed by atoms with Crippen molar-refractivity contribution in [2.75, 3.05) is 0 Å². The first-order valence-corrected chi connectivity index (χ1v) is 8.31. The van der Waals surface area contributed by atoms with Crippen molar-refractivity contribution < 1.29 is 0 Å². The summed E-state index contributed by atoms with van der Waals surface area (Å²) in [5.74, 6) is 0.852. The van der Waals surface area contributed by atoms with Crippen molar-refractivity contribution in [2.24, 2.45) is 0 Å². The molecular formula is C19H16Cl2N2. The molecule has 0 aliphatic carbocycles. The minimum atomic E-state index is 0.717. The minimum absolute atomic E-state index is 0.717. The standard InChI is InChI=1S/C19H16Cl2N2/c1-2-3-19-22-17(13-4-8-15(20)9-5-13)12-18(23-19)14-6-10-16(21)11-7-14/h4-12H,2-3H2,1H3. The molecule has 0 amide bonds. The number of hydrogen-bond acceptors (Lipinski definition) is 2. The summed E-state index contributed by atoms with van der Waals surface area (Å²) in [7, 11) is 0. The molecule has 3 aromatic rings. The summed E-state index contributed by atoms with van der Waals surface area (Å²) >= 11 is 12.0. The van der Waals surface area contributed by atoms with E-state index in [1.54, 1.807) is 0 Å². The molecule has 1 heterocycles. The lowest BCUT2D eigenvalue weighted by molar-refractivity contribution is 0.838. The second-order valence-electron chi connectivity index (χ2n) is 5.32. The third kappa shape index (κ3) is 3.90. The van der Waals surface area contributed by atoms with Crippen LogP contribution in [-0.4, -0.2) is 9.97 Å². The molecule has 0 unspecified atom stereocenters. The average molecular weight is 343 g/mol. The first-order valence-electron chi connectivity index (χ1n) is 7.55. The molecule has 0 saturated carbocycles. The lowest BCUT2D eigenvalue weighted by Crippen LogP contribution is -1.99. The Balaban J connectivity index is 2.09. The summed E-state index contributed by atoms with van der Waals surface area (Å²) in [6, 6.07) is 17.4. The highest BCUT2D eigenvalue weighted by atomic mass is 35.5. The van der Waals surface area contributed by atoms with Crippen LogP contribution in [-0.2, 0) is 6.42 Å². The van der Waals surface area contributed by atoms with E-state index in [0.29, 0.717) is 0 Å². The van der Waals surface area contributed by atoms with Gasteiger partial charge in [-0.3, -0.25) is 0 Å². The van der Waals surface area contributed by atoms with Gasteiger partial charge in [0.05, 0.1) is 11.4 Å². The third-order valence-corrected chi connectivity index (χ3v) is 4.03. The monoisotopic (exact) mass is 342 g/mol. The molecule has 0 fully saturated rings. The normalized spacial score (nSPS) is 10.7. The van der Waals surface area contributed by atoms with E-state index in [9.17, 15) is 0 Å². The molecule has 0 radical (unpaired) electrons. The maximum atomic E-state index is 5.98. The minimum Gasteiger partial charge on any atom is -0.233 e. The Kier molecular flexibility index (Phi) is 4.94. The Morgan fingerprint density at radius 3 is 1.57 bits per heavy atom. The van der Waals surface area contributed by atoms with Crippen LogP contribution in [0.5, 0.6) is 0 Å². The zero-order chi connectivity index (χ0) is 16.2. The van der Waals surface area contributed by atoms with Crippen molar-refractivity contribution in [3.8, 4) is 22.5 Å². The van der Waals surface area contributed by atoms with Crippen LogP contribution < -0.4 is 0 Å². The Bertz CT molecular complexity index is 733. The molecule has 116 valence electrons. The van der Waals surface area contributed by atoms with E-state index in [1.807, 2.05) is 54.6 Å². The Morgan fingerprint density at radius 2 is 1.17 bits per heavy atom. The van der Waals surface area contributed by atoms with Gasteiger partial charge in [0.2, 0.25) is 0 Å². The van der Waals surface area contributed by atoms with Crippen LogP contribution in [0.2, 0.25) is 10.0 Å². The summed E-state index contributed by atoms with van der Waals surface area (Å²) in [5.41, 5.74) is 3.88. The van der Waals surface area contributed by atoms with Gasteiger partial charge in [-0.05, 0) is 36.8 Å². The molecule has 0 saturated heterocycles. The fraction of sp³-hybridized carbons (Fsp3) is 0.158. The van der Waals surface area contributed by atoms with Crippen molar-refractivity contribution in [2.45, 2.75) is 19.8 Å².